The number of aromatic hydroxyl groups is 3. The third kappa shape index (κ3) is 3.57. The van der Waals surface area contributed by atoms with Crippen LogP contribution in [0.1, 0.15) is 18.9 Å². The first-order chi connectivity index (χ1) is 19.3. The second-order valence-electron chi connectivity index (χ2n) is 9.91. The Kier molecular flexibility index (Phi) is 6.02. The molecule has 0 spiro atoms. The van der Waals surface area contributed by atoms with Gasteiger partial charge < -0.3 is 38.7 Å². The predicted octanol–water partition coefficient (Wildman–Crippen LogP) is 5.40. The normalized spacial score (nSPS) is 12.4. The molecule has 6 rings (SSSR count). The van der Waals surface area contributed by atoms with Crippen molar-refractivity contribution in [3.05, 3.63) is 58.4 Å². The summed E-state index contributed by atoms with van der Waals surface area (Å²) < 4.78 is 20.0. The Bertz CT molecular complexity index is 1880. The number of nitrogens with zero attached hydrogens (tertiary/aromatic N) is 2. The maximum Gasteiger partial charge on any atom is 0.275 e. The number of hydrogen-bond acceptors (Lipinski definition) is 7. The van der Waals surface area contributed by atoms with Gasteiger partial charge in [0.1, 0.15) is 5.52 Å². The smallest absolute Gasteiger partial charge is 0.275 e. The number of phenolic OH excluding ortho intramolecular Hbond substituents is 3. The Morgan fingerprint density at radius 3 is 2.20 bits per heavy atom. The highest BCUT2D eigenvalue weighted by atomic mass is 16.5. The van der Waals surface area contributed by atoms with Crippen molar-refractivity contribution in [3.63, 3.8) is 0 Å². The van der Waals surface area contributed by atoms with E-state index in [1.165, 1.54) is 21.3 Å². The van der Waals surface area contributed by atoms with Crippen molar-refractivity contribution in [3.8, 4) is 56.9 Å². The van der Waals surface area contributed by atoms with E-state index in [-0.39, 0.29) is 28.6 Å². The van der Waals surface area contributed by atoms with E-state index in [0.717, 1.165) is 34.2 Å². The second-order valence-corrected chi connectivity index (χ2v) is 9.91. The fourth-order valence-corrected chi connectivity index (χ4v) is 6.00. The van der Waals surface area contributed by atoms with Crippen LogP contribution in [0.2, 0.25) is 0 Å². The Balaban J connectivity index is 1.87. The van der Waals surface area contributed by atoms with Gasteiger partial charge in [-0.25, -0.2) is 0 Å². The van der Waals surface area contributed by atoms with Crippen molar-refractivity contribution in [1.82, 2.24) is 9.13 Å². The molecular weight excluding hydrogens is 512 g/mol. The van der Waals surface area contributed by atoms with Gasteiger partial charge in [0.2, 0.25) is 0 Å². The molecule has 40 heavy (non-hydrogen) atoms. The maximum absolute atomic E-state index is 14.3. The number of fused-ring (bicyclic) bond motifs is 7. The molecular formula is C31H30N2O7. The number of ether oxygens (including phenoxy) is 3. The third-order valence-corrected chi connectivity index (χ3v) is 7.75. The van der Waals surface area contributed by atoms with E-state index in [9.17, 15) is 20.1 Å². The highest BCUT2D eigenvalue weighted by molar-refractivity contribution is 6.17. The van der Waals surface area contributed by atoms with Crippen LogP contribution >= 0.6 is 0 Å². The summed E-state index contributed by atoms with van der Waals surface area (Å²) in [6, 6.07) is 12.0. The van der Waals surface area contributed by atoms with Gasteiger partial charge in [-0.1, -0.05) is 13.0 Å². The molecule has 9 nitrogen and oxygen atoms in total. The van der Waals surface area contributed by atoms with Crippen LogP contribution in [-0.2, 0) is 19.5 Å². The van der Waals surface area contributed by atoms with Gasteiger partial charge in [0, 0.05) is 41.1 Å². The second kappa shape index (κ2) is 9.44. The zero-order valence-electron chi connectivity index (χ0n) is 22.7. The molecule has 3 aromatic carbocycles. The van der Waals surface area contributed by atoms with Crippen molar-refractivity contribution in [1.29, 1.82) is 0 Å². The Morgan fingerprint density at radius 1 is 0.850 bits per heavy atom. The van der Waals surface area contributed by atoms with E-state index < -0.39 is 0 Å². The first-order valence-corrected chi connectivity index (χ1v) is 13.1. The predicted molar refractivity (Wildman–Crippen MR) is 153 cm³/mol. The van der Waals surface area contributed by atoms with Gasteiger partial charge in [0.05, 0.1) is 32.5 Å². The molecule has 0 saturated heterocycles. The van der Waals surface area contributed by atoms with E-state index >= 15 is 0 Å². The molecule has 1 aliphatic rings. The summed E-state index contributed by atoms with van der Waals surface area (Å²) in [5.41, 5.74) is 4.86. The molecule has 0 aliphatic carbocycles. The number of aryl methyl sites for hydroxylation is 3. The molecule has 0 bridgehead atoms. The largest absolute Gasteiger partial charge is 0.504 e. The molecule has 206 valence electrons. The number of pyridine rings is 1. The average Bonchev–Trinajstić information content (AvgIpc) is 3.30. The highest BCUT2D eigenvalue weighted by Crippen LogP contribution is 2.49. The first kappa shape index (κ1) is 25.5. The van der Waals surface area contributed by atoms with Gasteiger partial charge in [-0.15, -0.1) is 0 Å². The van der Waals surface area contributed by atoms with Gasteiger partial charge in [-0.05, 0) is 54.3 Å². The van der Waals surface area contributed by atoms with Crippen LogP contribution in [0.15, 0.2) is 47.3 Å². The number of phenols is 3. The van der Waals surface area contributed by atoms with Crippen LogP contribution in [0.3, 0.4) is 0 Å². The van der Waals surface area contributed by atoms with E-state index in [0.29, 0.717) is 53.0 Å². The van der Waals surface area contributed by atoms with Crippen molar-refractivity contribution in [2.24, 2.45) is 0 Å². The summed E-state index contributed by atoms with van der Waals surface area (Å²) in [5, 5.41) is 33.4. The highest BCUT2D eigenvalue weighted by Gasteiger charge is 2.31. The van der Waals surface area contributed by atoms with Crippen molar-refractivity contribution in [2.45, 2.75) is 32.9 Å². The van der Waals surface area contributed by atoms with Gasteiger partial charge in [-0.3, -0.25) is 4.79 Å². The topological polar surface area (TPSA) is 115 Å². The summed E-state index contributed by atoms with van der Waals surface area (Å²) in [5.74, 6) is 0.888. The molecule has 1 aliphatic heterocycles. The number of benzene rings is 3. The standard InChI is InChI=1S/C31H30N2O7/c1-5-9-32-20-15-23(36)26(40-4)14-19(20)28-27(17-6-7-24(38-2)21(34)12-17)29-18-13-25(39-3)22(35)11-16(18)8-10-33(29)30(28)31(32)37/h6-7,11-15,34-36H,5,8-10H2,1-4H3. The van der Waals surface area contributed by atoms with Crippen LogP contribution in [0, 0.1) is 0 Å². The molecule has 0 amide bonds. The molecule has 3 N–H and O–H groups in total. The molecule has 5 aromatic rings. The Hall–Kier alpha value is -4.79. The third-order valence-electron chi connectivity index (χ3n) is 7.75. The molecule has 0 atom stereocenters. The summed E-state index contributed by atoms with van der Waals surface area (Å²) in [6.45, 7) is 2.98. The number of aromatic nitrogens is 2. The fraction of sp³-hybridized carbons (Fsp3) is 0.258. The first-order valence-electron chi connectivity index (χ1n) is 13.1. The minimum atomic E-state index is -0.173. The quantitative estimate of drug-likeness (QED) is 0.263. The molecule has 3 heterocycles. The lowest BCUT2D eigenvalue weighted by Gasteiger charge is -2.22. The van der Waals surface area contributed by atoms with E-state index in [1.807, 2.05) is 17.6 Å². The summed E-state index contributed by atoms with van der Waals surface area (Å²) in [7, 11) is 4.47. The minimum Gasteiger partial charge on any atom is -0.504 e. The number of hydrogen-bond donors (Lipinski definition) is 3. The summed E-state index contributed by atoms with van der Waals surface area (Å²) in [4.78, 5) is 14.3. The lowest BCUT2D eigenvalue weighted by molar-refractivity contribution is 0.373. The van der Waals surface area contributed by atoms with Crippen molar-refractivity contribution in [2.75, 3.05) is 21.3 Å². The molecule has 0 fully saturated rings. The average molecular weight is 543 g/mol. The van der Waals surface area contributed by atoms with Gasteiger partial charge in [0.15, 0.2) is 34.5 Å². The van der Waals surface area contributed by atoms with Gasteiger partial charge in [0.25, 0.3) is 5.56 Å². The van der Waals surface area contributed by atoms with Crippen LogP contribution in [0.4, 0.5) is 0 Å². The minimum absolute atomic E-state index is 0.0359. The fourth-order valence-electron chi connectivity index (χ4n) is 6.00. The Morgan fingerprint density at radius 2 is 1.52 bits per heavy atom. The van der Waals surface area contributed by atoms with E-state index in [2.05, 4.69) is 0 Å². The lowest BCUT2D eigenvalue weighted by Crippen LogP contribution is -2.24. The Labute approximate surface area is 230 Å². The zero-order valence-corrected chi connectivity index (χ0v) is 22.7. The lowest BCUT2D eigenvalue weighted by atomic mass is 9.91. The van der Waals surface area contributed by atoms with Crippen LogP contribution < -0.4 is 19.8 Å². The van der Waals surface area contributed by atoms with Crippen LogP contribution in [0.25, 0.3) is 44.2 Å². The summed E-state index contributed by atoms with van der Waals surface area (Å²) >= 11 is 0. The summed E-state index contributed by atoms with van der Waals surface area (Å²) in [6.07, 6.45) is 1.32. The molecule has 0 unspecified atom stereocenters. The maximum atomic E-state index is 14.3. The van der Waals surface area contributed by atoms with Crippen molar-refractivity contribution < 1.29 is 29.5 Å². The molecule has 0 radical (unpaired) electrons. The monoisotopic (exact) mass is 542 g/mol. The number of methoxy groups -OCH3 is 3. The van der Waals surface area contributed by atoms with Gasteiger partial charge in [-0.2, -0.15) is 0 Å². The van der Waals surface area contributed by atoms with E-state index in [4.69, 9.17) is 14.2 Å². The number of rotatable bonds is 6. The zero-order chi connectivity index (χ0) is 28.3. The van der Waals surface area contributed by atoms with Crippen molar-refractivity contribution >= 4 is 21.8 Å². The molecule has 9 heteroatoms. The van der Waals surface area contributed by atoms with Crippen LogP contribution in [-0.4, -0.2) is 45.8 Å². The molecule has 2 aromatic heterocycles. The molecule has 0 saturated carbocycles. The van der Waals surface area contributed by atoms with Crippen LogP contribution in [0.5, 0.6) is 34.5 Å². The van der Waals surface area contributed by atoms with E-state index in [1.54, 1.807) is 41.0 Å². The SMILES string of the molecule is CCCn1c(=O)c2c(c(-c3ccc(OC)c(O)c3)c3n2CCc2cc(O)c(OC)cc2-3)c2cc(OC)c(O)cc21. The van der Waals surface area contributed by atoms with Gasteiger partial charge >= 0.3 is 0 Å².